The van der Waals surface area contributed by atoms with Gasteiger partial charge in [-0.3, -0.25) is 0 Å². The van der Waals surface area contributed by atoms with Crippen molar-refractivity contribution in [1.82, 2.24) is 34.3 Å². The lowest BCUT2D eigenvalue weighted by molar-refractivity contribution is 0.434. The average molecular weight is 333 g/mol. The van der Waals surface area contributed by atoms with E-state index in [4.69, 9.17) is 11.6 Å². The first-order chi connectivity index (χ1) is 11.1. The molecule has 1 fully saturated rings. The summed E-state index contributed by atoms with van der Waals surface area (Å²) >= 11 is 6.45. The number of nitrogens with zero attached hydrogens (tertiary/aromatic N) is 8. The average Bonchev–Trinajstić information content (AvgIpc) is 3.15. The van der Waals surface area contributed by atoms with Gasteiger partial charge in [-0.25, -0.2) is 9.67 Å². The molecule has 0 amide bonds. The second-order valence-corrected chi connectivity index (χ2v) is 6.31. The van der Waals surface area contributed by atoms with E-state index in [2.05, 4.69) is 37.0 Å². The van der Waals surface area contributed by atoms with Gasteiger partial charge in [0, 0.05) is 13.1 Å². The highest BCUT2D eigenvalue weighted by molar-refractivity contribution is 6.31. The number of hydrogen-bond acceptors (Lipinski definition) is 6. The zero-order chi connectivity index (χ0) is 16.0. The number of aryl methyl sites for hydroxylation is 1. The van der Waals surface area contributed by atoms with Crippen LogP contribution in [-0.2, 0) is 0 Å². The van der Waals surface area contributed by atoms with Crippen LogP contribution in [-0.4, -0.2) is 47.4 Å². The molecule has 0 atom stereocenters. The van der Waals surface area contributed by atoms with Gasteiger partial charge in [-0.2, -0.15) is 24.7 Å². The fourth-order valence-corrected chi connectivity index (χ4v) is 3.20. The molecule has 0 radical (unpaired) electrons. The van der Waals surface area contributed by atoms with E-state index in [0.717, 1.165) is 37.7 Å². The fraction of sp³-hybridized carbons (Fsp3) is 0.500. The van der Waals surface area contributed by atoms with Crippen molar-refractivity contribution >= 4 is 23.2 Å². The number of rotatable bonds is 2. The van der Waals surface area contributed by atoms with Crippen LogP contribution in [0.5, 0.6) is 0 Å². The molecule has 0 N–H and O–H groups in total. The fourth-order valence-electron chi connectivity index (χ4n) is 2.95. The van der Waals surface area contributed by atoms with Crippen LogP contribution in [0.2, 0.25) is 5.15 Å². The lowest BCUT2D eigenvalue weighted by Crippen LogP contribution is -2.35. The topological polar surface area (TPSA) is 77.0 Å². The molecule has 1 aliphatic rings. The molecule has 1 saturated heterocycles. The maximum Gasteiger partial charge on any atom is 0.255 e. The summed E-state index contributed by atoms with van der Waals surface area (Å²) in [5.74, 6) is 2.77. The quantitative estimate of drug-likeness (QED) is 0.667. The minimum absolute atomic E-state index is 0.351. The molecule has 0 bridgehead atoms. The first-order valence-corrected chi connectivity index (χ1v) is 8.04. The molecule has 8 nitrogen and oxygen atoms in total. The van der Waals surface area contributed by atoms with Crippen LogP contribution in [0.25, 0.3) is 11.5 Å². The molecule has 1 aliphatic heterocycles. The zero-order valence-electron chi connectivity index (χ0n) is 13.0. The number of halogens is 1. The number of fused-ring (bicyclic) bond motifs is 1. The Bertz CT molecular complexity index is 846. The predicted octanol–water partition coefficient (Wildman–Crippen LogP) is 1.90. The van der Waals surface area contributed by atoms with E-state index < -0.39 is 0 Å². The molecule has 0 aromatic carbocycles. The Kier molecular flexibility index (Phi) is 3.41. The number of anilines is 1. The van der Waals surface area contributed by atoms with Crippen molar-refractivity contribution in [3.05, 3.63) is 23.6 Å². The highest BCUT2D eigenvalue weighted by Crippen LogP contribution is 2.32. The van der Waals surface area contributed by atoms with E-state index in [1.54, 1.807) is 15.5 Å². The summed E-state index contributed by atoms with van der Waals surface area (Å²) in [5, 5.41) is 9.08. The van der Waals surface area contributed by atoms with Crippen LogP contribution in [0.4, 0.5) is 5.82 Å². The molecule has 9 heteroatoms. The molecular weight excluding hydrogens is 316 g/mol. The molecule has 3 aromatic heterocycles. The Labute approximate surface area is 138 Å². The predicted molar refractivity (Wildman–Crippen MR) is 86.1 cm³/mol. The Hall–Kier alpha value is -2.22. The van der Waals surface area contributed by atoms with E-state index in [9.17, 15) is 0 Å². The molecule has 4 heterocycles. The van der Waals surface area contributed by atoms with E-state index >= 15 is 0 Å². The molecule has 0 aliphatic carbocycles. The Morgan fingerprint density at radius 3 is 2.70 bits per heavy atom. The van der Waals surface area contributed by atoms with Gasteiger partial charge in [-0.15, -0.1) is 0 Å². The third-order valence-corrected chi connectivity index (χ3v) is 4.52. The van der Waals surface area contributed by atoms with E-state index in [1.807, 2.05) is 6.92 Å². The minimum Gasteiger partial charge on any atom is -0.355 e. The summed E-state index contributed by atoms with van der Waals surface area (Å²) in [5.41, 5.74) is 0.694. The molecule has 3 aromatic rings. The first-order valence-electron chi connectivity index (χ1n) is 7.66. The second kappa shape index (κ2) is 5.45. The third kappa shape index (κ3) is 2.42. The Balaban J connectivity index is 1.93. The van der Waals surface area contributed by atoms with Crippen molar-refractivity contribution in [2.75, 3.05) is 18.0 Å². The SMILES string of the molecule is Cc1ncn(-c2c(Cl)nc3ncnn3c2N2CCC(C)CC2)n1. The van der Waals surface area contributed by atoms with Gasteiger partial charge in [-0.05, 0) is 25.7 Å². The van der Waals surface area contributed by atoms with E-state index in [0.29, 0.717) is 22.4 Å². The summed E-state index contributed by atoms with van der Waals surface area (Å²) < 4.78 is 3.40. The molecule has 23 heavy (non-hydrogen) atoms. The third-order valence-electron chi connectivity index (χ3n) is 4.25. The van der Waals surface area contributed by atoms with Crippen molar-refractivity contribution in [2.24, 2.45) is 5.92 Å². The second-order valence-electron chi connectivity index (χ2n) is 5.95. The molecule has 4 rings (SSSR count). The monoisotopic (exact) mass is 332 g/mol. The number of aromatic nitrogens is 7. The van der Waals surface area contributed by atoms with Crippen molar-refractivity contribution in [3.8, 4) is 5.69 Å². The summed E-state index contributed by atoms with van der Waals surface area (Å²) in [6, 6.07) is 0. The van der Waals surface area contributed by atoms with Crippen LogP contribution in [0.1, 0.15) is 25.6 Å². The molecular formula is C14H17ClN8. The minimum atomic E-state index is 0.351. The Morgan fingerprint density at radius 1 is 1.22 bits per heavy atom. The standard InChI is InChI=1S/C14H17ClN8/c1-9-3-5-21(6-4-9)13-11(22-8-17-10(2)20-22)12(15)19-14-16-7-18-23(13)14/h7-9H,3-6H2,1-2H3. The largest absolute Gasteiger partial charge is 0.355 e. The van der Waals surface area contributed by atoms with Crippen molar-refractivity contribution in [2.45, 2.75) is 26.7 Å². The van der Waals surface area contributed by atoms with Crippen LogP contribution in [0.3, 0.4) is 0 Å². The van der Waals surface area contributed by atoms with Crippen LogP contribution < -0.4 is 4.90 Å². The number of piperidine rings is 1. The van der Waals surface area contributed by atoms with E-state index in [1.165, 1.54) is 6.33 Å². The molecule has 0 unspecified atom stereocenters. The maximum atomic E-state index is 6.45. The van der Waals surface area contributed by atoms with Crippen molar-refractivity contribution < 1.29 is 0 Å². The highest BCUT2D eigenvalue weighted by atomic mass is 35.5. The normalized spacial score (nSPS) is 16.4. The number of hydrogen-bond donors (Lipinski definition) is 0. The van der Waals surface area contributed by atoms with Crippen LogP contribution in [0.15, 0.2) is 12.7 Å². The zero-order valence-corrected chi connectivity index (χ0v) is 13.8. The van der Waals surface area contributed by atoms with Gasteiger partial charge in [0.1, 0.15) is 24.2 Å². The first kappa shape index (κ1) is 14.4. The van der Waals surface area contributed by atoms with Crippen molar-refractivity contribution in [3.63, 3.8) is 0 Å². The van der Waals surface area contributed by atoms with Gasteiger partial charge >= 0.3 is 0 Å². The Morgan fingerprint density at radius 2 is 2.00 bits per heavy atom. The highest BCUT2D eigenvalue weighted by Gasteiger charge is 2.26. The lowest BCUT2D eigenvalue weighted by atomic mass is 9.99. The summed E-state index contributed by atoms with van der Waals surface area (Å²) in [6.07, 6.45) is 5.40. The van der Waals surface area contributed by atoms with Gasteiger partial charge < -0.3 is 4.90 Å². The molecule has 0 spiro atoms. The van der Waals surface area contributed by atoms with Gasteiger partial charge in [0.25, 0.3) is 5.78 Å². The van der Waals surface area contributed by atoms with Gasteiger partial charge in [0.2, 0.25) is 0 Å². The van der Waals surface area contributed by atoms with Gasteiger partial charge in [-0.1, -0.05) is 18.5 Å². The van der Waals surface area contributed by atoms with E-state index in [-0.39, 0.29) is 0 Å². The smallest absolute Gasteiger partial charge is 0.255 e. The van der Waals surface area contributed by atoms with Gasteiger partial charge in [0.15, 0.2) is 11.0 Å². The maximum absolute atomic E-state index is 6.45. The van der Waals surface area contributed by atoms with Crippen LogP contribution in [0, 0.1) is 12.8 Å². The summed E-state index contributed by atoms with van der Waals surface area (Å²) in [6.45, 7) is 6.01. The van der Waals surface area contributed by atoms with Crippen molar-refractivity contribution in [1.29, 1.82) is 0 Å². The van der Waals surface area contributed by atoms with Crippen LogP contribution >= 0.6 is 11.6 Å². The summed E-state index contributed by atoms with van der Waals surface area (Å²) in [7, 11) is 0. The van der Waals surface area contributed by atoms with Gasteiger partial charge in [0.05, 0.1) is 0 Å². The lowest BCUT2D eigenvalue weighted by Gasteiger charge is -2.33. The molecule has 120 valence electrons. The molecule has 0 saturated carbocycles. The summed E-state index contributed by atoms with van der Waals surface area (Å²) in [4.78, 5) is 15.0.